The molecule has 2 heterocycles. The fourth-order valence-corrected chi connectivity index (χ4v) is 5.65. The molecule has 0 bridgehead atoms. The van der Waals surface area contributed by atoms with Crippen LogP contribution in [0.25, 0.3) is 0 Å². The Kier molecular flexibility index (Phi) is 7.25. The Morgan fingerprint density at radius 3 is 2.75 bits per heavy atom. The lowest BCUT2D eigenvalue weighted by Gasteiger charge is -2.39. The van der Waals surface area contributed by atoms with Crippen molar-refractivity contribution in [3.8, 4) is 0 Å². The molecular weight excluding hydrogens is 418 g/mol. The zero-order valence-electron chi connectivity index (χ0n) is 19.6. The Bertz CT molecular complexity index is 934. The fourth-order valence-electron chi connectivity index (χ4n) is 4.77. The largest absolute Gasteiger partial charge is 0.383 e. The van der Waals surface area contributed by atoms with Gasteiger partial charge in [-0.1, -0.05) is 50.2 Å². The molecule has 5 nitrogen and oxygen atoms in total. The van der Waals surface area contributed by atoms with Crippen molar-refractivity contribution >= 4 is 23.4 Å². The second-order valence-corrected chi connectivity index (χ2v) is 10.7. The summed E-state index contributed by atoms with van der Waals surface area (Å²) in [7, 11) is 1.73. The van der Waals surface area contributed by atoms with E-state index in [0.29, 0.717) is 19.2 Å². The minimum Gasteiger partial charge on any atom is -0.383 e. The van der Waals surface area contributed by atoms with E-state index in [1.165, 1.54) is 16.0 Å². The second kappa shape index (κ2) is 9.96. The van der Waals surface area contributed by atoms with Crippen molar-refractivity contribution in [2.45, 2.75) is 48.9 Å². The van der Waals surface area contributed by atoms with Crippen LogP contribution < -0.4 is 10.2 Å². The van der Waals surface area contributed by atoms with E-state index in [2.05, 4.69) is 73.5 Å². The number of carbonyl (C=O) groups excluding carboxylic acids is 1. The highest BCUT2D eigenvalue weighted by Gasteiger charge is 2.39. The average molecular weight is 454 g/mol. The van der Waals surface area contributed by atoms with Gasteiger partial charge in [0.05, 0.1) is 13.2 Å². The maximum atomic E-state index is 13.5. The first-order valence-electron chi connectivity index (χ1n) is 11.5. The molecule has 1 fully saturated rings. The molecule has 0 aliphatic carbocycles. The van der Waals surface area contributed by atoms with Gasteiger partial charge >= 0.3 is 0 Å². The number of anilines is 1. The first-order chi connectivity index (χ1) is 15.4. The zero-order valence-corrected chi connectivity index (χ0v) is 20.5. The molecule has 1 N–H and O–H groups in total. The third kappa shape index (κ3) is 5.20. The molecule has 2 aromatic carbocycles. The number of hydrogen-bond acceptors (Lipinski definition) is 5. The minimum atomic E-state index is -0.0453. The van der Waals surface area contributed by atoms with E-state index in [-0.39, 0.29) is 17.4 Å². The molecule has 2 atom stereocenters. The van der Waals surface area contributed by atoms with Crippen LogP contribution in [0.3, 0.4) is 0 Å². The third-order valence-corrected chi connectivity index (χ3v) is 7.58. The van der Waals surface area contributed by atoms with Crippen LogP contribution in [0.5, 0.6) is 0 Å². The van der Waals surface area contributed by atoms with Gasteiger partial charge in [-0.15, -0.1) is 11.8 Å². The number of benzene rings is 2. The summed E-state index contributed by atoms with van der Waals surface area (Å²) in [6.45, 7) is 10.1. The first-order valence-corrected chi connectivity index (χ1v) is 12.4. The fraction of sp³-hybridized carbons (Fsp3) is 0.500. The number of ether oxygens (including phenoxy) is 1. The highest BCUT2D eigenvalue weighted by Crippen LogP contribution is 2.42. The van der Waals surface area contributed by atoms with E-state index < -0.39 is 0 Å². The lowest BCUT2D eigenvalue weighted by atomic mass is 9.87. The van der Waals surface area contributed by atoms with Crippen molar-refractivity contribution in [1.29, 1.82) is 0 Å². The summed E-state index contributed by atoms with van der Waals surface area (Å²) in [6.07, 6.45) is 0. The van der Waals surface area contributed by atoms with E-state index in [4.69, 9.17) is 4.74 Å². The molecule has 0 saturated carbocycles. The first kappa shape index (κ1) is 23.3. The van der Waals surface area contributed by atoms with Gasteiger partial charge in [-0.05, 0) is 30.2 Å². The predicted molar refractivity (Wildman–Crippen MR) is 133 cm³/mol. The van der Waals surface area contributed by atoms with Gasteiger partial charge in [0.15, 0.2) is 0 Å². The average Bonchev–Trinajstić information content (AvgIpc) is 3.05. The van der Waals surface area contributed by atoms with Crippen LogP contribution in [0.15, 0.2) is 53.4 Å². The van der Waals surface area contributed by atoms with Gasteiger partial charge in [-0.2, -0.15) is 0 Å². The van der Waals surface area contributed by atoms with Crippen molar-refractivity contribution < 1.29 is 9.53 Å². The summed E-state index contributed by atoms with van der Waals surface area (Å²) in [5.41, 5.74) is 3.60. The van der Waals surface area contributed by atoms with Gasteiger partial charge in [-0.25, -0.2) is 0 Å². The van der Waals surface area contributed by atoms with Crippen molar-refractivity contribution in [3.05, 3.63) is 59.7 Å². The second-order valence-electron chi connectivity index (χ2n) is 9.66. The summed E-state index contributed by atoms with van der Waals surface area (Å²) in [6, 6.07) is 17.8. The summed E-state index contributed by atoms with van der Waals surface area (Å²) < 4.78 is 5.41. The number of hydrogen-bond donors (Lipinski definition) is 1. The molecule has 1 amide bonds. The lowest BCUT2D eigenvalue weighted by molar-refractivity contribution is -0.121. The number of rotatable bonds is 7. The Balaban J connectivity index is 1.51. The Morgan fingerprint density at radius 1 is 1.22 bits per heavy atom. The molecule has 2 aromatic rings. The highest BCUT2D eigenvalue weighted by atomic mass is 32.2. The molecule has 0 spiro atoms. The highest BCUT2D eigenvalue weighted by molar-refractivity contribution is 7.98. The lowest BCUT2D eigenvalue weighted by Crippen LogP contribution is -2.59. The van der Waals surface area contributed by atoms with Crippen LogP contribution in [0.1, 0.15) is 31.9 Å². The van der Waals surface area contributed by atoms with Crippen LogP contribution in [0.4, 0.5) is 5.69 Å². The van der Waals surface area contributed by atoms with Crippen molar-refractivity contribution in [2.24, 2.45) is 0 Å². The standard InChI is InChI=1S/C26H35N3O2S/c1-19-14-28(21(13-27-19)16-31-4)15-25(30)29-18-26(2,3)23-11-10-22(12-24(23)29)32-17-20-8-6-5-7-9-20/h5-12,19,21,27H,13-18H2,1-4H3/t19-,21-/m1/s1. The van der Waals surface area contributed by atoms with Gasteiger partial charge in [0.25, 0.3) is 0 Å². The van der Waals surface area contributed by atoms with Crippen LogP contribution in [0.2, 0.25) is 0 Å². The summed E-state index contributed by atoms with van der Waals surface area (Å²) >= 11 is 1.82. The van der Waals surface area contributed by atoms with Gasteiger partial charge in [0.1, 0.15) is 0 Å². The number of nitrogens with zero attached hydrogens (tertiary/aromatic N) is 2. The molecule has 4 rings (SSSR count). The van der Waals surface area contributed by atoms with Crippen LogP contribution >= 0.6 is 11.8 Å². The number of nitrogens with one attached hydrogen (secondary N) is 1. The van der Waals surface area contributed by atoms with Gasteiger partial charge in [-0.3, -0.25) is 9.69 Å². The van der Waals surface area contributed by atoms with Crippen LogP contribution in [-0.4, -0.2) is 62.8 Å². The molecule has 2 aliphatic rings. The number of fused-ring (bicyclic) bond motifs is 1. The molecule has 2 aliphatic heterocycles. The SMILES string of the molecule is COC[C@H]1CN[C@H](C)CN1CC(=O)N1CC(C)(C)c2ccc(SCc3ccccc3)cc21. The van der Waals surface area contributed by atoms with Gasteiger partial charge < -0.3 is 15.0 Å². The van der Waals surface area contributed by atoms with Crippen LogP contribution in [0, 0.1) is 0 Å². The van der Waals surface area contributed by atoms with E-state index in [1.54, 1.807) is 7.11 Å². The van der Waals surface area contributed by atoms with E-state index in [9.17, 15) is 4.79 Å². The summed E-state index contributed by atoms with van der Waals surface area (Å²) in [5, 5.41) is 3.50. The van der Waals surface area contributed by atoms with E-state index in [0.717, 1.165) is 31.1 Å². The monoisotopic (exact) mass is 453 g/mol. The summed E-state index contributed by atoms with van der Waals surface area (Å²) in [4.78, 5) is 19.0. The Hall–Kier alpha value is -1.86. The van der Waals surface area contributed by atoms with Crippen molar-refractivity contribution in [3.63, 3.8) is 0 Å². The molecular formula is C26H35N3O2S. The topological polar surface area (TPSA) is 44.8 Å². The molecule has 32 heavy (non-hydrogen) atoms. The predicted octanol–water partition coefficient (Wildman–Crippen LogP) is 3.91. The Labute approximate surface area is 196 Å². The molecule has 6 heteroatoms. The molecule has 172 valence electrons. The maximum absolute atomic E-state index is 13.5. The van der Waals surface area contributed by atoms with Crippen molar-refractivity contribution in [2.75, 3.05) is 44.8 Å². The normalized spacial score (nSPS) is 22.7. The summed E-state index contributed by atoms with van der Waals surface area (Å²) in [5.74, 6) is 1.10. The number of methoxy groups -OCH3 is 1. The van der Waals surface area contributed by atoms with Crippen molar-refractivity contribution in [1.82, 2.24) is 10.2 Å². The minimum absolute atomic E-state index is 0.0453. The smallest absolute Gasteiger partial charge is 0.241 e. The van der Waals surface area contributed by atoms with Gasteiger partial charge in [0.2, 0.25) is 5.91 Å². The maximum Gasteiger partial charge on any atom is 0.241 e. The zero-order chi connectivity index (χ0) is 22.7. The number of thioether (sulfide) groups is 1. The molecule has 1 saturated heterocycles. The van der Waals surface area contributed by atoms with Crippen LogP contribution in [-0.2, 0) is 20.7 Å². The quantitative estimate of drug-likeness (QED) is 0.644. The molecule has 0 unspecified atom stereocenters. The number of piperazine rings is 1. The number of carbonyl (C=O) groups is 1. The third-order valence-electron chi connectivity index (χ3n) is 6.52. The van der Waals surface area contributed by atoms with Gasteiger partial charge in [0, 0.05) is 60.6 Å². The van der Waals surface area contributed by atoms with E-state index >= 15 is 0 Å². The van der Waals surface area contributed by atoms with E-state index in [1.807, 2.05) is 22.7 Å². The number of amides is 1. The Morgan fingerprint density at radius 2 is 2.00 bits per heavy atom. The molecule has 0 aromatic heterocycles. The molecule has 0 radical (unpaired) electrons.